The Kier molecular flexibility index (Phi) is 5.02. The lowest BCUT2D eigenvalue weighted by atomic mass is 9.91. The van der Waals surface area contributed by atoms with E-state index in [0.29, 0.717) is 22.9 Å². The zero-order chi connectivity index (χ0) is 17.8. The molecule has 3 rings (SSSR count). The molecule has 1 aromatic heterocycles. The Labute approximate surface area is 146 Å². The number of fused-ring (bicyclic) bond motifs is 1. The van der Waals surface area contributed by atoms with Crippen LogP contribution in [0.3, 0.4) is 0 Å². The largest absolute Gasteiger partial charge is 0.369 e. The molecule has 0 bridgehead atoms. The van der Waals surface area contributed by atoms with Crippen LogP contribution in [0, 0.1) is 5.92 Å². The number of anilines is 2. The van der Waals surface area contributed by atoms with Crippen molar-refractivity contribution in [1.29, 1.82) is 0 Å². The Balaban J connectivity index is 1.53. The number of nitrogens with two attached hydrogens (primary N) is 1. The molecule has 1 aliphatic rings. The van der Waals surface area contributed by atoms with E-state index in [4.69, 9.17) is 5.73 Å². The van der Waals surface area contributed by atoms with Gasteiger partial charge in [0.15, 0.2) is 0 Å². The van der Waals surface area contributed by atoms with Gasteiger partial charge in [-0.15, -0.1) is 0 Å². The van der Waals surface area contributed by atoms with E-state index in [1.165, 1.54) is 5.56 Å². The maximum atomic E-state index is 12.0. The highest BCUT2D eigenvalue weighted by molar-refractivity contribution is 5.93. The lowest BCUT2D eigenvalue weighted by molar-refractivity contribution is 0.0963. The molecule has 0 saturated heterocycles. The van der Waals surface area contributed by atoms with E-state index in [1.807, 2.05) is 24.3 Å². The monoisotopic (exact) mass is 341 g/mol. The molecule has 1 aliphatic heterocycles. The molecule has 5 N–H and O–H groups in total. The number of amides is 1. The third-order valence-corrected chi connectivity index (χ3v) is 4.61. The minimum Gasteiger partial charge on any atom is -0.369 e. The number of carbonyl (C=O) groups is 1. The number of rotatable bonds is 5. The van der Waals surface area contributed by atoms with Crippen LogP contribution in [0.4, 0.5) is 11.8 Å². The fourth-order valence-electron chi connectivity index (χ4n) is 3.22. The number of nitrogens with zero attached hydrogens (tertiary/aromatic N) is 1. The molecule has 0 saturated carbocycles. The Morgan fingerprint density at radius 2 is 2.12 bits per heavy atom. The van der Waals surface area contributed by atoms with Crippen molar-refractivity contribution in [3.63, 3.8) is 0 Å². The summed E-state index contributed by atoms with van der Waals surface area (Å²) in [6.07, 6.45) is 3.73. The molecular weight excluding hydrogens is 318 g/mol. The molecule has 2 heterocycles. The van der Waals surface area contributed by atoms with Crippen molar-refractivity contribution in [2.75, 3.05) is 24.6 Å². The van der Waals surface area contributed by atoms with Crippen molar-refractivity contribution in [1.82, 2.24) is 15.3 Å². The Hall–Kier alpha value is -2.83. The van der Waals surface area contributed by atoms with Crippen LogP contribution in [-0.2, 0) is 12.8 Å². The molecule has 1 aromatic carbocycles. The van der Waals surface area contributed by atoms with Gasteiger partial charge < -0.3 is 16.4 Å². The van der Waals surface area contributed by atoms with Gasteiger partial charge in [0.05, 0.1) is 5.56 Å². The van der Waals surface area contributed by atoms with Crippen LogP contribution in [0.5, 0.6) is 0 Å². The zero-order valence-corrected chi connectivity index (χ0v) is 14.3. The smallest absolute Gasteiger partial charge is 0.257 e. The van der Waals surface area contributed by atoms with Crippen molar-refractivity contribution >= 4 is 17.7 Å². The third kappa shape index (κ3) is 3.99. The quantitative estimate of drug-likeness (QED) is 0.655. The van der Waals surface area contributed by atoms with Gasteiger partial charge in [0.25, 0.3) is 11.5 Å². The van der Waals surface area contributed by atoms with Crippen LogP contribution in [-0.4, -0.2) is 29.5 Å². The van der Waals surface area contributed by atoms with Crippen LogP contribution >= 0.6 is 0 Å². The van der Waals surface area contributed by atoms with Crippen molar-refractivity contribution in [3.05, 3.63) is 51.3 Å². The van der Waals surface area contributed by atoms with Crippen molar-refractivity contribution in [2.24, 2.45) is 5.92 Å². The number of aryl methyl sites for hydroxylation is 1. The average molecular weight is 341 g/mol. The van der Waals surface area contributed by atoms with Crippen LogP contribution < -0.4 is 21.9 Å². The van der Waals surface area contributed by atoms with Crippen LogP contribution in [0.15, 0.2) is 29.1 Å². The summed E-state index contributed by atoms with van der Waals surface area (Å²) < 4.78 is 0. The number of aromatic nitrogens is 2. The molecule has 1 amide bonds. The van der Waals surface area contributed by atoms with E-state index in [2.05, 4.69) is 20.6 Å². The van der Waals surface area contributed by atoms with Gasteiger partial charge in [-0.1, -0.05) is 12.1 Å². The summed E-state index contributed by atoms with van der Waals surface area (Å²) in [5.41, 5.74) is 8.00. The standard InChI is InChI=1S/C18H23N5O2/c1-20-16(24)13-7-5-11(6-8-13)3-2-4-12-9-14-15(21-10-12)22-18(19)23-17(14)25/h5-8,12H,2-4,9-10H2,1H3,(H,20,24)(H4,19,21,22,23,25). The second-order valence-corrected chi connectivity index (χ2v) is 6.40. The second-order valence-electron chi connectivity index (χ2n) is 6.40. The first-order chi connectivity index (χ1) is 12.1. The maximum absolute atomic E-state index is 12.0. The highest BCUT2D eigenvalue weighted by Gasteiger charge is 2.22. The van der Waals surface area contributed by atoms with Gasteiger partial charge in [-0.2, -0.15) is 4.98 Å². The highest BCUT2D eigenvalue weighted by atomic mass is 16.1. The van der Waals surface area contributed by atoms with Gasteiger partial charge in [-0.05, 0) is 49.3 Å². The maximum Gasteiger partial charge on any atom is 0.257 e. The van der Waals surface area contributed by atoms with Gasteiger partial charge >= 0.3 is 0 Å². The number of benzene rings is 1. The third-order valence-electron chi connectivity index (χ3n) is 4.61. The molecule has 2 aromatic rings. The SMILES string of the molecule is CNC(=O)c1ccc(CCCC2CNc3nc(N)[nH]c(=O)c3C2)cc1. The summed E-state index contributed by atoms with van der Waals surface area (Å²) >= 11 is 0. The molecule has 7 nitrogen and oxygen atoms in total. The summed E-state index contributed by atoms with van der Waals surface area (Å²) in [6, 6.07) is 7.69. The fraction of sp³-hybridized carbons (Fsp3) is 0.389. The zero-order valence-electron chi connectivity index (χ0n) is 14.3. The predicted octanol–water partition coefficient (Wildman–Crippen LogP) is 1.32. The normalized spacial score (nSPS) is 16.0. The Morgan fingerprint density at radius 3 is 2.84 bits per heavy atom. The number of nitrogens with one attached hydrogen (secondary N) is 3. The van der Waals surface area contributed by atoms with Crippen molar-refractivity contribution < 1.29 is 4.79 Å². The van der Waals surface area contributed by atoms with E-state index in [0.717, 1.165) is 32.2 Å². The predicted molar refractivity (Wildman–Crippen MR) is 97.7 cm³/mol. The first-order valence-corrected chi connectivity index (χ1v) is 8.50. The lowest BCUT2D eigenvalue weighted by Gasteiger charge is -2.24. The molecule has 0 spiro atoms. The average Bonchev–Trinajstić information content (AvgIpc) is 2.62. The molecule has 0 fully saturated rings. The summed E-state index contributed by atoms with van der Waals surface area (Å²) in [7, 11) is 1.63. The van der Waals surface area contributed by atoms with Crippen LogP contribution in [0.25, 0.3) is 0 Å². The first-order valence-electron chi connectivity index (χ1n) is 8.50. The van der Waals surface area contributed by atoms with Gasteiger partial charge in [0.2, 0.25) is 5.95 Å². The number of nitrogen functional groups attached to an aromatic ring is 1. The second kappa shape index (κ2) is 7.38. The lowest BCUT2D eigenvalue weighted by Crippen LogP contribution is -2.30. The topological polar surface area (TPSA) is 113 Å². The Morgan fingerprint density at radius 1 is 1.36 bits per heavy atom. The van der Waals surface area contributed by atoms with Crippen LogP contribution in [0.2, 0.25) is 0 Å². The van der Waals surface area contributed by atoms with Gasteiger partial charge in [-0.3, -0.25) is 14.6 Å². The number of carbonyl (C=O) groups excluding carboxylic acids is 1. The number of H-pyrrole nitrogens is 1. The first kappa shape index (κ1) is 17.0. The highest BCUT2D eigenvalue weighted by Crippen LogP contribution is 2.23. The minimum atomic E-state index is -0.149. The summed E-state index contributed by atoms with van der Waals surface area (Å²) in [5.74, 6) is 1.10. The summed E-state index contributed by atoms with van der Waals surface area (Å²) in [4.78, 5) is 30.2. The van der Waals surface area contributed by atoms with Gasteiger partial charge in [0.1, 0.15) is 5.82 Å². The fourth-order valence-corrected chi connectivity index (χ4v) is 3.22. The number of aromatic amines is 1. The molecule has 0 aliphatic carbocycles. The molecule has 132 valence electrons. The van der Waals surface area contributed by atoms with E-state index < -0.39 is 0 Å². The van der Waals surface area contributed by atoms with E-state index in [1.54, 1.807) is 7.05 Å². The van der Waals surface area contributed by atoms with Crippen molar-refractivity contribution in [3.8, 4) is 0 Å². The summed E-state index contributed by atoms with van der Waals surface area (Å²) in [5, 5.41) is 5.83. The van der Waals surface area contributed by atoms with Crippen LogP contribution in [0.1, 0.15) is 34.3 Å². The minimum absolute atomic E-state index is 0.0713. The number of hydrogen-bond acceptors (Lipinski definition) is 5. The van der Waals surface area contributed by atoms with Crippen molar-refractivity contribution in [2.45, 2.75) is 25.7 Å². The van der Waals surface area contributed by atoms with Gasteiger partial charge in [0, 0.05) is 19.2 Å². The van der Waals surface area contributed by atoms with E-state index in [9.17, 15) is 9.59 Å². The Bertz CT molecular complexity index is 813. The molecule has 25 heavy (non-hydrogen) atoms. The van der Waals surface area contributed by atoms with E-state index >= 15 is 0 Å². The molecular formula is C18H23N5O2. The number of hydrogen-bond donors (Lipinski definition) is 4. The molecule has 0 radical (unpaired) electrons. The van der Waals surface area contributed by atoms with Gasteiger partial charge in [-0.25, -0.2) is 0 Å². The molecule has 7 heteroatoms. The summed E-state index contributed by atoms with van der Waals surface area (Å²) in [6.45, 7) is 0.804. The molecule has 1 unspecified atom stereocenters. The molecule has 1 atom stereocenters. The van der Waals surface area contributed by atoms with E-state index in [-0.39, 0.29) is 17.4 Å².